The molecule has 22 heavy (non-hydrogen) atoms. The third kappa shape index (κ3) is 3.25. The zero-order chi connectivity index (χ0) is 15.5. The van der Waals surface area contributed by atoms with Gasteiger partial charge < -0.3 is 9.84 Å². The van der Waals surface area contributed by atoms with Gasteiger partial charge in [0.1, 0.15) is 24.5 Å². The second kappa shape index (κ2) is 6.67. The van der Waals surface area contributed by atoms with Crippen LogP contribution in [0.15, 0.2) is 30.9 Å². The highest BCUT2D eigenvalue weighted by Gasteiger charge is 2.34. The number of aliphatic hydroxyl groups excluding tert-OH is 1. The lowest BCUT2D eigenvalue weighted by Crippen LogP contribution is -2.34. The van der Waals surface area contributed by atoms with E-state index in [9.17, 15) is 5.11 Å². The Bertz CT molecular complexity index is 612. The van der Waals surface area contributed by atoms with Gasteiger partial charge in [0.05, 0.1) is 5.02 Å². The van der Waals surface area contributed by atoms with Crippen molar-refractivity contribution < 1.29 is 9.84 Å². The number of rotatable bonds is 5. The number of nitrogens with zero attached hydrogens (tertiary/aromatic N) is 3. The Balaban J connectivity index is 1.87. The molecule has 5 nitrogen and oxygen atoms in total. The molecule has 0 amide bonds. The SMILES string of the molecule is Cc1ccc(Cl)c(OC(C(O)[C]2[CH][CH][CH][CH]2)n2cncn2)c1. The first-order chi connectivity index (χ1) is 10.6. The Kier molecular flexibility index (Phi) is 4.64. The lowest BCUT2D eigenvalue weighted by atomic mass is 9.99. The van der Waals surface area contributed by atoms with Crippen LogP contribution in [0.1, 0.15) is 11.8 Å². The highest BCUT2D eigenvalue weighted by Crippen LogP contribution is 2.35. The molecule has 2 atom stereocenters. The van der Waals surface area contributed by atoms with E-state index in [1.54, 1.807) is 6.07 Å². The van der Waals surface area contributed by atoms with Crippen molar-refractivity contribution in [2.75, 3.05) is 0 Å². The van der Waals surface area contributed by atoms with Crippen LogP contribution >= 0.6 is 11.6 Å². The van der Waals surface area contributed by atoms with Crippen LogP contribution in [0, 0.1) is 38.5 Å². The van der Waals surface area contributed by atoms with Crippen molar-refractivity contribution in [2.45, 2.75) is 19.3 Å². The fraction of sp³-hybridized carbons (Fsp3) is 0.188. The van der Waals surface area contributed by atoms with Crippen LogP contribution in [0.4, 0.5) is 0 Å². The zero-order valence-electron chi connectivity index (χ0n) is 11.9. The normalized spacial score (nSPS) is 18.3. The molecule has 1 aromatic heterocycles. The van der Waals surface area contributed by atoms with Crippen LogP contribution in [0.25, 0.3) is 0 Å². The minimum absolute atomic E-state index is 0.477. The van der Waals surface area contributed by atoms with Crippen molar-refractivity contribution in [2.24, 2.45) is 0 Å². The number of hydrogen-bond acceptors (Lipinski definition) is 4. The van der Waals surface area contributed by atoms with Gasteiger partial charge in [-0.1, -0.05) is 17.7 Å². The Hall–Kier alpha value is -1.59. The van der Waals surface area contributed by atoms with E-state index in [1.807, 2.05) is 44.7 Å². The summed E-state index contributed by atoms with van der Waals surface area (Å²) in [4.78, 5) is 3.92. The maximum atomic E-state index is 10.6. The van der Waals surface area contributed by atoms with Gasteiger partial charge in [0, 0.05) is 5.92 Å². The first kappa shape index (κ1) is 15.3. The van der Waals surface area contributed by atoms with Gasteiger partial charge in [-0.2, -0.15) is 5.10 Å². The smallest absolute Gasteiger partial charge is 0.219 e. The van der Waals surface area contributed by atoms with Crippen LogP contribution < -0.4 is 4.74 Å². The first-order valence-corrected chi connectivity index (χ1v) is 7.19. The van der Waals surface area contributed by atoms with Crippen molar-refractivity contribution in [3.8, 4) is 5.75 Å². The van der Waals surface area contributed by atoms with Gasteiger partial charge in [-0.25, -0.2) is 9.67 Å². The van der Waals surface area contributed by atoms with Gasteiger partial charge >= 0.3 is 0 Å². The number of hydrogen-bond donors (Lipinski definition) is 1. The van der Waals surface area contributed by atoms with Gasteiger partial charge in [-0.05, 0) is 50.3 Å². The average Bonchev–Trinajstić information content (AvgIpc) is 3.20. The Morgan fingerprint density at radius 2 is 2.05 bits per heavy atom. The minimum Gasteiger partial charge on any atom is -0.464 e. The molecule has 1 heterocycles. The van der Waals surface area contributed by atoms with Gasteiger partial charge in [0.25, 0.3) is 0 Å². The summed E-state index contributed by atoms with van der Waals surface area (Å²) in [6.07, 6.45) is 8.61. The monoisotopic (exact) mass is 316 g/mol. The maximum absolute atomic E-state index is 10.6. The van der Waals surface area contributed by atoms with Crippen molar-refractivity contribution >= 4 is 11.6 Å². The molecule has 2 unspecified atom stereocenters. The van der Waals surface area contributed by atoms with E-state index in [4.69, 9.17) is 16.3 Å². The average molecular weight is 317 g/mol. The third-order valence-corrected chi connectivity index (χ3v) is 3.64. The number of halogens is 1. The summed E-state index contributed by atoms with van der Waals surface area (Å²) >= 11 is 6.18. The molecule has 1 aliphatic rings. The molecule has 113 valence electrons. The van der Waals surface area contributed by atoms with Crippen molar-refractivity contribution in [3.05, 3.63) is 73.0 Å². The van der Waals surface area contributed by atoms with Crippen LogP contribution in [-0.4, -0.2) is 26.0 Å². The molecule has 0 bridgehead atoms. The molecule has 1 saturated carbocycles. The van der Waals surface area contributed by atoms with Crippen LogP contribution in [0.2, 0.25) is 5.02 Å². The number of aliphatic hydroxyl groups is 1. The summed E-state index contributed by atoms with van der Waals surface area (Å²) in [5.41, 5.74) is 1.01. The van der Waals surface area contributed by atoms with E-state index in [0.717, 1.165) is 11.5 Å². The minimum atomic E-state index is -0.895. The van der Waals surface area contributed by atoms with Crippen LogP contribution in [0.5, 0.6) is 5.75 Å². The molecule has 6 heteroatoms. The van der Waals surface area contributed by atoms with E-state index in [1.165, 1.54) is 17.3 Å². The van der Waals surface area contributed by atoms with Gasteiger partial charge in [0.15, 0.2) is 0 Å². The van der Waals surface area contributed by atoms with Gasteiger partial charge in [0.2, 0.25) is 6.23 Å². The molecule has 0 aliphatic heterocycles. The highest BCUT2D eigenvalue weighted by molar-refractivity contribution is 6.32. The Morgan fingerprint density at radius 3 is 2.73 bits per heavy atom. The maximum Gasteiger partial charge on any atom is 0.219 e. The molecule has 2 aromatic rings. The number of aromatic nitrogens is 3. The highest BCUT2D eigenvalue weighted by atomic mass is 35.5. The van der Waals surface area contributed by atoms with E-state index < -0.39 is 12.3 Å². The number of ether oxygens (including phenoxy) is 1. The molecule has 1 aliphatic carbocycles. The summed E-state index contributed by atoms with van der Waals surface area (Å²) < 4.78 is 7.40. The molecular formula is C16H15ClN3O2. The fourth-order valence-electron chi connectivity index (χ4n) is 2.19. The molecule has 5 radical (unpaired) electrons. The summed E-state index contributed by atoms with van der Waals surface area (Å²) in [6.45, 7) is 1.95. The van der Waals surface area contributed by atoms with Crippen molar-refractivity contribution in [1.82, 2.24) is 14.8 Å². The summed E-state index contributed by atoms with van der Waals surface area (Å²) in [5.74, 6) is 1.23. The quantitative estimate of drug-likeness (QED) is 0.921. The molecule has 0 spiro atoms. The largest absolute Gasteiger partial charge is 0.464 e. The summed E-state index contributed by atoms with van der Waals surface area (Å²) in [5, 5.41) is 15.2. The molecule has 3 rings (SSSR count). The van der Waals surface area contributed by atoms with Gasteiger partial charge in [-0.3, -0.25) is 0 Å². The van der Waals surface area contributed by atoms with Crippen LogP contribution in [0.3, 0.4) is 0 Å². The molecule has 1 aromatic carbocycles. The second-order valence-corrected chi connectivity index (χ2v) is 5.39. The predicted molar refractivity (Wildman–Crippen MR) is 82.3 cm³/mol. The molecule has 1 N–H and O–H groups in total. The lowest BCUT2D eigenvalue weighted by molar-refractivity contribution is -0.00494. The van der Waals surface area contributed by atoms with Gasteiger partial charge in [-0.15, -0.1) is 0 Å². The van der Waals surface area contributed by atoms with E-state index in [-0.39, 0.29) is 0 Å². The van der Waals surface area contributed by atoms with E-state index >= 15 is 0 Å². The predicted octanol–water partition coefficient (Wildman–Crippen LogP) is 2.58. The standard InChI is InChI=1S/C16H15ClN3O2/c1-11-6-7-13(17)14(8-11)22-16(20-10-18-9-19-20)15(21)12-4-2-3-5-12/h2-10,15-16,21H,1H3. The molecule has 0 saturated heterocycles. The third-order valence-electron chi connectivity index (χ3n) is 3.33. The van der Waals surface area contributed by atoms with Crippen LogP contribution in [-0.2, 0) is 0 Å². The Morgan fingerprint density at radius 1 is 1.27 bits per heavy atom. The van der Waals surface area contributed by atoms with E-state index in [0.29, 0.717) is 10.8 Å². The number of aryl methyl sites for hydroxylation is 1. The van der Waals surface area contributed by atoms with E-state index in [2.05, 4.69) is 10.1 Å². The fourth-order valence-corrected chi connectivity index (χ4v) is 2.36. The van der Waals surface area contributed by atoms with Crippen molar-refractivity contribution in [3.63, 3.8) is 0 Å². The second-order valence-electron chi connectivity index (χ2n) is 4.98. The van der Waals surface area contributed by atoms with Crippen molar-refractivity contribution in [1.29, 1.82) is 0 Å². The summed E-state index contributed by atoms with van der Waals surface area (Å²) in [6, 6.07) is 5.48. The first-order valence-electron chi connectivity index (χ1n) is 6.82. The molecular weight excluding hydrogens is 302 g/mol. The number of benzene rings is 1. The molecule has 1 fully saturated rings. The Labute approximate surface area is 134 Å². The lowest BCUT2D eigenvalue weighted by Gasteiger charge is -2.27. The summed E-state index contributed by atoms with van der Waals surface area (Å²) in [7, 11) is 0. The topological polar surface area (TPSA) is 60.2 Å². The zero-order valence-corrected chi connectivity index (χ0v) is 12.7.